The molecule has 2 aliphatic carbocycles. The van der Waals surface area contributed by atoms with Gasteiger partial charge in [0.05, 0.1) is 16.6 Å². The molecule has 1 aromatic carbocycles. The Labute approximate surface area is 183 Å². The summed E-state index contributed by atoms with van der Waals surface area (Å²) >= 11 is 6.02. The summed E-state index contributed by atoms with van der Waals surface area (Å²) in [5.41, 5.74) is -2.40. The van der Waals surface area contributed by atoms with Crippen molar-refractivity contribution in [3.8, 4) is 0 Å². The molecule has 168 valence electrons. The molecule has 2 aliphatic rings. The highest BCUT2D eigenvalue weighted by Crippen LogP contribution is 2.62. The van der Waals surface area contributed by atoms with Crippen molar-refractivity contribution >= 4 is 41.4 Å². The zero-order chi connectivity index (χ0) is 23.1. The van der Waals surface area contributed by atoms with Crippen LogP contribution in [0.2, 0.25) is 5.02 Å². The number of alkyl carbamates (subject to hydrolysis) is 1. The van der Waals surface area contributed by atoms with Gasteiger partial charge >= 0.3 is 24.1 Å². The van der Waals surface area contributed by atoms with E-state index in [9.17, 15) is 29.4 Å². The number of carbonyl (C=O) groups excluding carboxylic acids is 2. The van der Waals surface area contributed by atoms with E-state index < -0.39 is 59.0 Å². The maximum atomic E-state index is 12.5. The predicted molar refractivity (Wildman–Crippen MR) is 110 cm³/mol. The molecule has 5 unspecified atom stereocenters. The molecule has 2 saturated carbocycles. The van der Waals surface area contributed by atoms with Crippen molar-refractivity contribution in [3.05, 3.63) is 29.3 Å². The van der Waals surface area contributed by atoms with Crippen molar-refractivity contribution in [1.29, 1.82) is 0 Å². The Bertz CT molecular complexity index is 932. The number of fused-ring (bicyclic) bond motifs is 1. The molecule has 11 heteroatoms. The first kappa shape index (κ1) is 22.7. The molecule has 3 rings (SSSR count). The monoisotopic (exact) mass is 453 g/mol. The first-order valence-corrected chi connectivity index (χ1v) is 10.0. The summed E-state index contributed by atoms with van der Waals surface area (Å²) in [5.74, 6) is -5.14. The van der Waals surface area contributed by atoms with Crippen LogP contribution >= 0.6 is 11.6 Å². The van der Waals surface area contributed by atoms with E-state index in [4.69, 9.17) is 16.3 Å². The number of hydrogen-bond acceptors (Lipinski definition) is 5. The summed E-state index contributed by atoms with van der Waals surface area (Å²) in [6, 6.07) is 5.09. The van der Waals surface area contributed by atoms with E-state index in [0.717, 1.165) is 0 Å². The normalized spacial score (nSPS) is 28.8. The first-order valence-electron chi connectivity index (χ1n) is 9.65. The molecule has 0 aliphatic heterocycles. The lowest BCUT2D eigenvalue weighted by Crippen LogP contribution is -2.58. The largest absolute Gasteiger partial charge is 0.481 e. The number of hydrogen-bond donors (Lipinski definition) is 5. The second-order valence-corrected chi connectivity index (χ2v) is 9.17. The van der Waals surface area contributed by atoms with Crippen LogP contribution in [-0.2, 0) is 14.3 Å². The number of aliphatic carboxylic acids is 2. The molecule has 0 spiro atoms. The van der Waals surface area contributed by atoms with Gasteiger partial charge in [0.25, 0.3) is 0 Å². The number of carboxylic acid groups (broad SMARTS) is 2. The minimum atomic E-state index is -1.88. The van der Waals surface area contributed by atoms with Crippen LogP contribution in [0.3, 0.4) is 0 Å². The zero-order valence-corrected chi connectivity index (χ0v) is 17.9. The van der Waals surface area contributed by atoms with Crippen molar-refractivity contribution in [2.24, 2.45) is 17.8 Å². The van der Waals surface area contributed by atoms with E-state index in [1.54, 1.807) is 45.0 Å². The minimum absolute atomic E-state index is 0.184. The Morgan fingerprint density at radius 3 is 2.35 bits per heavy atom. The first-order chi connectivity index (χ1) is 14.4. The molecule has 0 heterocycles. The van der Waals surface area contributed by atoms with Crippen LogP contribution in [0.4, 0.5) is 15.3 Å². The number of carboxylic acids is 2. The highest BCUT2D eigenvalue weighted by atomic mass is 35.5. The molecule has 0 bridgehead atoms. The lowest BCUT2D eigenvalue weighted by Gasteiger charge is -2.31. The molecule has 5 atom stereocenters. The number of carbonyl (C=O) groups is 4. The second-order valence-electron chi connectivity index (χ2n) is 8.76. The fourth-order valence-electron chi connectivity index (χ4n) is 4.35. The van der Waals surface area contributed by atoms with Gasteiger partial charge in [-0.05, 0) is 38.8 Å². The Morgan fingerprint density at radius 2 is 1.81 bits per heavy atom. The van der Waals surface area contributed by atoms with Crippen molar-refractivity contribution in [1.82, 2.24) is 10.6 Å². The number of rotatable bonds is 5. The number of nitrogens with one attached hydrogen (secondary N) is 3. The van der Waals surface area contributed by atoms with E-state index in [0.29, 0.717) is 10.7 Å². The second kappa shape index (κ2) is 7.92. The number of halogens is 1. The third-order valence-corrected chi connectivity index (χ3v) is 5.81. The predicted octanol–water partition coefficient (Wildman–Crippen LogP) is 2.53. The Kier molecular flexibility index (Phi) is 5.79. The van der Waals surface area contributed by atoms with Gasteiger partial charge in [-0.2, -0.15) is 0 Å². The van der Waals surface area contributed by atoms with Gasteiger partial charge in [0.2, 0.25) is 0 Å². The number of para-hydroxylation sites is 1. The molecule has 0 saturated heterocycles. The highest BCUT2D eigenvalue weighted by molar-refractivity contribution is 6.33. The molecule has 0 aromatic heterocycles. The van der Waals surface area contributed by atoms with Gasteiger partial charge in [0.15, 0.2) is 0 Å². The average molecular weight is 454 g/mol. The van der Waals surface area contributed by atoms with Gasteiger partial charge in [-0.15, -0.1) is 0 Å². The fourth-order valence-corrected chi connectivity index (χ4v) is 4.53. The zero-order valence-electron chi connectivity index (χ0n) is 17.1. The van der Waals surface area contributed by atoms with Crippen LogP contribution in [0.15, 0.2) is 24.3 Å². The quantitative estimate of drug-likeness (QED) is 0.458. The van der Waals surface area contributed by atoms with E-state index in [2.05, 4.69) is 16.0 Å². The topological polar surface area (TPSA) is 154 Å². The number of benzene rings is 1. The van der Waals surface area contributed by atoms with Crippen LogP contribution in [0.5, 0.6) is 0 Å². The molecule has 0 radical (unpaired) electrons. The van der Waals surface area contributed by atoms with Crippen LogP contribution in [0.1, 0.15) is 27.2 Å². The van der Waals surface area contributed by atoms with Gasteiger partial charge in [-0.3, -0.25) is 4.79 Å². The lowest BCUT2D eigenvalue weighted by molar-refractivity contribution is -0.147. The lowest BCUT2D eigenvalue weighted by atomic mass is 9.89. The molecule has 10 nitrogen and oxygen atoms in total. The van der Waals surface area contributed by atoms with E-state index in [1.165, 1.54) is 0 Å². The molecule has 3 amide bonds. The van der Waals surface area contributed by atoms with Crippen molar-refractivity contribution in [3.63, 3.8) is 0 Å². The van der Waals surface area contributed by atoms with Gasteiger partial charge in [0.1, 0.15) is 11.1 Å². The third-order valence-electron chi connectivity index (χ3n) is 5.48. The summed E-state index contributed by atoms with van der Waals surface area (Å²) in [5, 5.41) is 27.3. The maximum Gasteiger partial charge on any atom is 0.408 e. The summed E-state index contributed by atoms with van der Waals surface area (Å²) in [6.45, 7) is 4.87. The molecule has 5 N–H and O–H groups in total. The Balaban J connectivity index is 1.79. The van der Waals surface area contributed by atoms with Crippen LogP contribution in [0, 0.1) is 17.8 Å². The van der Waals surface area contributed by atoms with Gasteiger partial charge in [-0.25, -0.2) is 14.4 Å². The van der Waals surface area contributed by atoms with Crippen molar-refractivity contribution in [2.75, 3.05) is 5.32 Å². The highest BCUT2D eigenvalue weighted by Gasteiger charge is 2.76. The minimum Gasteiger partial charge on any atom is -0.481 e. The molecule has 31 heavy (non-hydrogen) atoms. The Morgan fingerprint density at radius 1 is 1.16 bits per heavy atom. The van der Waals surface area contributed by atoms with Crippen LogP contribution in [0.25, 0.3) is 0 Å². The molecule has 1 aromatic rings. The van der Waals surface area contributed by atoms with Gasteiger partial charge < -0.3 is 30.9 Å². The number of ether oxygens (including phenoxy) is 1. The molecular formula is C20H24ClN3O7. The number of anilines is 1. The van der Waals surface area contributed by atoms with Crippen LogP contribution in [-0.4, -0.2) is 51.5 Å². The van der Waals surface area contributed by atoms with Crippen LogP contribution < -0.4 is 16.0 Å². The van der Waals surface area contributed by atoms with E-state index in [-0.39, 0.29) is 6.42 Å². The number of urea groups is 1. The SMILES string of the molecule is CC(C)(C)OC(=O)NC1(C(=O)O)CC(NC(=O)Nc2ccccc2Cl)C2C(C(=O)O)C21. The summed E-state index contributed by atoms with van der Waals surface area (Å²) in [7, 11) is 0. The maximum absolute atomic E-state index is 12.5. The van der Waals surface area contributed by atoms with Gasteiger partial charge in [-0.1, -0.05) is 23.7 Å². The third kappa shape index (κ3) is 4.53. The molecule has 2 fully saturated rings. The Hall–Kier alpha value is -3.01. The fraction of sp³-hybridized carbons (Fsp3) is 0.500. The van der Waals surface area contributed by atoms with Crippen molar-refractivity contribution < 1.29 is 34.1 Å². The van der Waals surface area contributed by atoms with Crippen molar-refractivity contribution in [2.45, 2.75) is 44.4 Å². The summed E-state index contributed by atoms with van der Waals surface area (Å²) < 4.78 is 5.17. The van der Waals surface area contributed by atoms with E-state index in [1.807, 2.05) is 0 Å². The standard InChI is InChI=1S/C20H24ClN3O7/c1-19(2,3)31-18(30)24-20(16(27)28)8-11(12-13(14(12)20)15(25)26)23-17(29)22-10-7-5-4-6-9(10)21/h4-7,11-14H,8H2,1-3H3,(H,24,30)(H,25,26)(H,27,28)(H2,22,23,29). The summed E-state index contributed by atoms with van der Waals surface area (Å²) in [6.07, 6.45) is -1.15. The van der Waals surface area contributed by atoms with Gasteiger partial charge in [0, 0.05) is 18.4 Å². The number of amides is 3. The smallest absolute Gasteiger partial charge is 0.408 e. The summed E-state index contributed by atoms with van der Waals surface area (Å²) in [4.78, 5) is 48.7. The average Bonchev–Trinajstić information content (AvgIpc) is 3.30. The van der Waals surface area contributed by atoms with E-state index >= 15 is 0 Å². The molecular weight excluding hydrogens is 430 g/mol.